The predicted octanol–water partition coefficient (Wildman–Crippen LogP) is 5.63. The van der Waals surface area contributed by atoms with Crippen molar-refractivity contribution in [2.75, 3.05) is 40.3 Å². The summed E-state index contributed by atoms with van der Waals surface area (Å²) in [5.74, 6) is 0. The minimum absolute atomic E-state index is 0.0627. The van der Waals surface area contributed by atoms with E-state index in [9.17, 15) is 0 Å². The van der Waals surface area contributed by atoms with Crippen LogP contribution in [0.5, 0.6) is 0 Å². The van der Waals surface area contributed by atoms with Crippen LogP contribution in [0.25, 0.3) is 0 Å². The SMILES string of the molecule is C=CC1(C)C=CC=C(C[N+]2(CC3=CC=CC(C)(C=C)C=C3)CCC(N(C)C)C2)C=C1. The van der Waals surface area contributed by atoms with Gasteiger partial charge in [0.1, 0.15) is 13.1 Å². The quantitative estimate of drug-likeness (QED) is 0.393. The van der Waals surface area contributed by atoms with Crippen molar-refractivity contribution in [3.05, 3.63) is 97.2 Å². The van der Waals surface area contributed by atoms with Crippen LogP contribution in [0.3, 0.4) is 0 Å². The number of nitrogens with zero attached hydrogens (tertiary/aromatic N) is 2. The largest absolute Gasteiger partial charge is 0.315 e. The van der Waals surface area contributed by atoms with Gasteiger partial charge in [-0.3, -0.25) is 0 Å². The van der Waals surface area contributed by atoms with Gasteiger partial charge in [-0.1, -0.05) is 72.9 Å². The molecule has 2 heteroatoms. The molecule has 0 aromatic heterocycles. The molecule has 0 saturated carbocycles. The lowest BCUT2D eigenvalue weighted by Gasteiger charge is -2.36. The van der Waals surface area contributed by atoms with Crippen LogP contribution >= 0.6 is 0 Å². The molecular weight excluding hydrogens is 364 g/mol. The van der Waals surface area contributed by atoms with E-state index < -0.39 is 0 Å². The van der Waals surface area contributed by atoms with E-state index in [2.05, 4.69) is 107 Å². The van der Waals surface area contributed by atoms with Gasteiger partial charge in [0.25, 0.3) is 0 Å². The average Bonchev–Trinajstić information content (AvgIpc) is 2.92. The van der Waals surface area contributed by atoms with Crippen LogP contribution in [0.1, 0.15) is 20.3 Å². The Hall–Kier alpha value is -2.16. The van der Waals surface area contributed by atoms with Gasteiger partial charge in [-0.25, -0.2) is 0 Å². The predicted molar refractivity (Wildman–Crippen MR) is 131 cm³/mol. The molecule has 3 aliphatic rings. The smallest absolute Gasteiger partial charge is 0.105 e. The molecule has 0 radical (unpaired) electrons. The van der Waals surface area contributed by atoms with Crippen molar-refractivity contribution < 1.29 is 4.48 Å². The molecule has 0 N–H and O–H groups in total. The van der Waals surface area contributed by atoms with E-state index >= 15 is 0 Å². The van der Waals surface area contributed by atoms with Gasteiger partial charge in [0.2, 0.25) is 0 Å². The van der Waals surface area contributed by atoms with Crippen LogP contribution < -0.4 is 0 Å². The number of hydrogen-bond acceptors (Lipinski definition) is 1. The van der Waals surface area contributed by atoms with Crippen LogP contribution in [-0.4, -0.2) is 55.7 Å². The maximum absolute atomic E-state index is 4.01. The Labute approximate surface area is 184 Å². The van der Waals surface area contributed by atoms with Crippen molar-refractivity contribution in [2.24, 2.45) is 10.8 Å². The number of rotatable bonds is 7. The highest BCUT2D eigenvalue weighted by Crippen LogP contribution is 2.31. The van der Waals surface area contributed by atoms with Gasteiger partial charge in [0, 0.05) is 28.4 Å². The summed E-state index contributed by atoms with van der Waals surface area (Å²) < 4.78 is 1.10. The Morgan fingerprint density at radius 3 is 1.83 bits per heavy atom. The number of allylic oxidation sites excluding steroid dienone is 10. The fourth-order valence-electron chi connectivity index (χ4n) is 4.63. The monoisotopic (exact) mass is 403 g/mol. The van der Waals surface area contributed by atoms with Crippen molar-refractivity contribution in [1.29, 1.82) is 0 Å². The van der Waals surface area contributed by atoms with Gasteiger partial charge in [0.05, 0.1) is 19.1 Å². The Kier molecular flexibility index (Phi) is 6.69. The normalized spacial score (nSPS) is 35.7. The molecule has 0 aromatic rings. The van der Waals surface area contributed by atoms with Crippen LogP contribution in [0, 0.1) is 10.8 Å². The molecule has 1 saturated heterocycles. The summed E-state index contributed by atoms with van der Waals surface area (Å²) in [6.45, 7) is 17.0. The first kappa shape index (κ1) is 22.5. The van der Waals surface area contributed by atoms with E-state index in [4.69, 9.17) is 0 Å². The van der Waals surface area contributed by atoms with E-state index in [1.807, 2.05) is 12.2 Å². The Morgan fingerprint density at radius 2 is 1.43 bits per heavy atom. The number of quaternary nitrogens is 1. The number of hydrogen-bond donors (Lipinski definition) is 0. The number of likely N-dealkylation sites (tertiary alicyclic amines) is 1. The van der Waals surface area contributed by atoms with Gasteiger partial charge in [-0.2, -0.15) is 0 Å². The minimum atomic E-state index is -0.0627. The van der Waals surface area contributed by atoms with E-state index in [-0.39, 0.29) is 10.8 Å². The zero-order valence-corrected chi connectivity index (χ0v) is 19.3. The first-order chi connectivity index (χ1) is 14.2. The van der Waals surface area contributed by atoms with Crippen molar-refractivity contribution in [1.82, 2.24) is 4.90 Å². The lowest BCUT2D eigenvalue weighted by atomic mass is 9.90. The van der Waals surface area contributed by atoms with Crippen molar-refractivity contribution >= 4 is 0 Å². The minimum Gasteiger partial charge on any atom is -0.315 e. The zero-order valence-electron chi connectivity index (χ0n) is 19.3. The molecule has 0 aromatic carbocycles. The second kappa shape index (κ2) is 8.91. The molecular formula is C28H39N2+. The van der Waals surface area contributed by atoms with Crippen molar-refractivity contribution in [3.63, 3.8) is 0 Å². The lowest BCUT2D eigenvalue weighted by Crippen LogP contribution is -2.50. The first-order valence-electron chi connectivity index (χ1n) is 11.1. The number of likely N-dealkylation sites (N-methyl/N-ethyl adjacent to an activating group) is 1. The summed E-state index contributed by atoms with van der Waals surface area (Å²) in [7, 11) is 4.44. The van der Waals surface area contributed by atoms with Crippen LogP contribution in [0.4, 0.5) is 0 Å². The molecule has 1 heterocycles. The maximum atomic E-state index is 4.01. The molecule has 2 nitrogen and oxygen atoms in total. The van der Waals surface area contributed by atoms with E-state index in [0.717, 1.165) is 17.6 Å². The topological polar surface area (TPSA) is 3.24 Å². The van der Waals surface area contributed by atoms with Gasteiger partial charge in [-0.15, -0.1) is 13.2 Å². The third-order valence-electron chi connectivity index (χ3n) is 7.02. The summed E-state index contributed by atoms with van der Waals surface area (Å²) in [6.07, 6.45) is 28.0. The molecule has 1 fully saturated rings. The summed E-state index contributed by atoms with van der Waals surface area (Å²) in [5.41, 5.74) is 2.68. The fourth-order valence-corrected chi connectivity index (χ4v) is 4.63. The summed E-state index contributed by atoms with van der Waals surface area (Å²) in [5, 5.41) is 0. The third-order valence-corrected chi connectivity index (χ3v) is 7.02. The standard InChI is InChI=1S/C28H39N2/c1-7-27(3)16-9-11-24(13-18-27)21-30(20-15-26(23-30)29(5)6)22-25-12-10-17-28(4,8-2)19-14-25/h7-14,16-19,26H,1-2,15,20-23H2,3-6H3/q+1. The zero-order chi connectivity index (χ0) is 21.8. The van der Waals surface area contributed by atoms with E-state index in [1.54, 1.807) is 0 Å². The van der Waals surface area contributed by atoms with E-state index in [0.29, 0.717) is 6.04 Å². The maximum Gasteiger partial charge on any atom is 0.105 e. The highest BCUT2D eigenvalue weighted by Gasteiger charge is 2.40. The molecule has 1 aliphatic heterocycles. The van der Waals surface area contributed by atoms with E-state index in [1.165, 1.54) is 30.7 Å². The van der Waals surface area contributed by atoms with Crippen molar-refractivity contribution in [3.8, 4) is 0 Å². The van der Waals surface area contributed by atoms with Gasteiger partial charge in [0.15, 0.2) is 0 Å². The molecule has 3 atom stereocenters. The van der Waals surface area contributed by atoms with Gasteiger partial charge >= 0.3 is 0 Å². The summed E-state index contributed by atoms with van der Waals surface area (Å²) >= 11 is 0. The van der Waals surface area contributed by atoms with Gasteiger partial charge < -0.3 is 9.38 Å². The molecule has 160 valence electrons. The van der Waals surface area contributed by atoms with Crippen LogP contribution in [-0.2, 0) is 0 Å². The molecule has 0 amide bonds. The van der Waals surface area contributed by atoms with Crippen molar-refractivity contribution in [2.45, 2.75) is 26.3 Å². The summed E-state index contributed by atoms with van der Waals surface area (Å²) in [4.78, 5) is 2.40. The third kappa shape index (κ3) is 5.30. The van der Waals surface area contributed by atoms with Crippen LogP contribution in [0.15, 0.2) is 97.2 Å². The highest BCUT2D eigenvalue weighted by atomic mass is 15.4. The molecule has 2 aliphatic carbocycles. The highest BCUT2D eigenvalue weighted by molar-refractivity contribution is 5.36. The Bertz CT molecular complexity index is 790. The molecule has 3 unspecified atom stereocenters. The molecule has 30 heavy (non-hydrogen) atoms. The second-order valence-corrected chi connectivity index (χ2v) is 9.98. The lowest BCUT2D eigenvalue weighted by molar-refractivity contribution is -0.908. The Balaban J connectivity index is 1.85. The molecule has 3 rings (SSSR count). The second-order valence-electron chi connectivity index (χ2n) is 9.98. The first-order valence-corrected chi connectivity index (χ1v) is 11.1. The van der Waals surface area contributed by atoms with Crippen LogP contribution in [0.2, 0.25) is 0 Å². The summed E-state index contributed by atoms with van der Waals surface area (Å²) in [6, 6.07) is 0.638. The molecule has 0 spiro atoms. The van der Waals surface area contributed by atoms with Gasteiger partial charge in [-0.05, 0) is 27.9 Å². The Morgan fingerprint density at radius 1 is 0.933 bits per heavy atom. The molecule has 0 bridgehead atoms. The average molecular weight is 404 g/mol. The fraction of sp³-hybridized carbons (Fsp3) is 0.429.